The molecule has 32 heavy (non-hydrogen) atoms. The van der Waals surface area contributed by atoms with Crippen LogP contribution in [0.1, 0.15) is 61.6 Å². The van der Waals surface area contributed by atoms with Gasteiger partial charge in [-0.2, -0.15) is 13.2 Å². The molecular formula is C22H25F4N3O3. The largest absolute Gasteiger partial charge is 0.507 e. The van der Waals surface area contributed by atoms with Gasteiger partial charge in [0.05, 0.1) is 23.9 Å². The lowest BCUT2D eigenvalue weighted by atomic mass is 9.93. The number of anilines is 1. The van der Waals surface area contributed by atoms with Crippen molar-refractivity contribution in [3.8, 4) is 17.0 Å². The van der Waals surface area contributed by atoms with Crippen LogP contribution in [0.3, 0.4) is 0 Å². The summed E-state index contributed by atoms with van der Waals surface area (Å²) in [4.78, 5) is 0. The second-order valence-electron chi connectivity index (χ2n) is 8.68. The third-order valence-corrected chi connectivity index (χ3v) is 6.27. The van der Waals surface area contributed by atoms with Gasteiger partial charge >= 0.3 is 6.18 Å². The van der Waals surface area contributed by atoms with E-state index in [1.165, 1.54) is 19.3 Å². The topological polar surface area (TPSA) is 101 Å². The number of fused-ring (bicyclic) bond motifs is 1. The van der Waals surface area contributed by atoms with Crippen LogP contribution in [0.5, 0.6) is 5.75 Å². The van der Waals surface area contributed by atoms with E-state index < -0.39 is 23.3 Å². The minimum absolute atomic E-state index is 0.0359. The number of aromatic hydroxyl groups is 1. The molecule has 1 aromatic heterocycles. The molecule has 0 saturated heterocycles. The molecule has 0 radical (unpaired) electrons. The third kappa shape index (κ3) is 4.66. The number of hydrogen-bond acceptors (Lipinski definition) is 6. The molecule has 0 unspecified atom stereocenters. The fraction of sp³-hybridized carbons (Fsp3) is 0.545. The normalized spacial score (nSPS) is 19.8. The highest BCUT2D eigenvalue weighted by atomic mass is 19.4. The molecule has 0 amide bonds. The molecule has 1 aliphatic heterocycles. The van der Waals surface area contributed by atoms with Crippen molar-refractivity contribution >= 4 is 5.82 Å². The van der Waals surface area contributed by atoms with Crippen LogP contribution in [-0.4, -0.2) is 32.1 Å². The van der Waals surface area contributed by atoms with Gasteiger partial charge in [0.1, 0.15) is 17.3 Å². The standard InChI is InChI=1S/C16H13F4N3O2.C6H12O/c17-11-3-7(12(24)4-10(11)16(18,19)20)13-8-5-15(1-2-15)25-6-9(8)14(21)23-22-13;7-6-4-2-1-3-5-6/h3-4,24H,1-2,5-6H2,(H2,21,23);6-7H,1-5H2. The molecule has 2 heterocycles. The molecule has 1 aromatic carbocycles. The van der Waals surface area contributed by atoms with Gasteiger partial charge in [0.2, 0.25) is 0 Å². The summed E-state index contributed by atoms with van der Waals surface area (Å²) in [6.45, 7) is 0.202. The van der Waals surface area contributed by atoms with Crippen LogP contribution in [0, 0.1) is 5.82 Å². The Bertz CT molecular complexity index is 1000. The Morgan fingerprint density at radius 1 is 1.06 bits per heavy atom. The molecule has 174 valence electrons. The Balaban J connectivity index is 0.000000300. The molecule has 4 N–H and O–H groups in total. The van der Waals surface area contributed by atoms with Crippen molar-refractivity contribution in [2.45, 2.75) is 75.9 Å². The molecule has 2 aliphatic carbocycles. The van der Waals surface area contributed by atoms with Gasteiger partial charge in [0, 0.05) is 17.5 Å². The number of halogens is 4. The number of rotatable bonds is 1. The summed E-state index contributed by atoms with van der Waals surface area (Å²) in [7, 11) is 0. The van der Waals surface area contributed by atoms with E-state index >= 15 is 0 Å². The first-order valence-electron chi connectivity index (χ1n) is 10.7. The van der Waals surface area contributed by atoms with E-state index in [1.54, 1.807) is 0 Å². The number of aliphatic hydroxyl groups is 1. The molecule has 10 heteroatoms. The fourth-order valence-corrected chi connectivity index (χ4v) is 4.20. The molecule has 5 rings (SSSR count). The molecule has 2 fully saturated rings. The second-order valence-corrected chi connectivity index (χ2v) is 8.68. The average Bonchev–Trinajstić information content (AvgIpc) is 3.48. The summed E-state index contributed by atoms with van der Waals surface area (Å²) in [5, 5.41) is 26.6. The van der Waals surface area contributed by atoms with E-state index in [0.717, 1.165) is 25.7 Å². The number of hydrogen-bond donors (Lipinski definition) is 3. The van der Waals surface area contributed by atoms with Crippen molar-refractivity contribution in [1.82, 2.24) is 10.2 Å². The van der Waals surface area contributed by atoms with E-state index in [0.29, 0.717) is 29.7 Å². The Morgan fingerprint density at radius 3 is 2.31 bits per heavy atom. The molecule has 6 nitrogen and oxygen atoms in total. The van der Waals surface area contributed by atoms with Crippen molar-refractivity contribution in [3.63, 3.8) is 0 Å². The van der Waals surface area contributed by atoms with Crippen molar-refractivity contribution in [2.75, 3.05) is 5.73 Å². The number of ether oxygens (including phenoxy) is 1. The summed E-state index contributed by atoms with van der Waals surface area (Å²) in [6, 6.07) is 0.995. The SMILES string of the molecule is Nc1nnc(-c2cc(F)c(C(F)(F)F)cc2O)c2c1COC1(CC1)C2.OC1CCCCC1. The van der Waals surface area contributed by atoms with Gasteiger partial charge in [0.25, 0.3) is 0 Å². The Labute approximate surface area is 182 Å². The van der Waals surface area contributed by atoms with E-state index in [9.17, 15) is 22.7 Å². The summed E-state index contributed by atoms with van der Waals surface area (Å²) < 4.78 is 58.1. The number of aliphatic hydroxyl groups excluding tert-OH is 1. The van der Waals surface area contributed by atoms with E-state index in [2.05, 4.69) is 10.2 Å². The monoisotopic (exact) mass is 455 g/mol. The maximum absolute atomic E-state index is 14.0. The molecule has 3 aliphatic rings. The minimum Gasteiger partial charge on any atom is -0.507 e. The summed E-state index contributed by atoms with van der Waals surface area (Å²) in [6.07, 6.45) is 3.16. The lowest BCUT2D eigenvalue weighted by molar-refractivity contribution is -0.140. The van der Waals surface area contributed by atoms with Crippen molar-refractivity contribution in [2.24, 2.45) is 0 Å². The Morgan fingerprint density at radius 2 is 1.75 bits per heavy atom. The van der Waals surface area contributed by atoms with E-state index in [1.807, 2.05) is 0 Å². The van der Waals surface area contributed by atoms with Gasteiger partial charge in [0.15, 0.2) is 5.82 Å². The van der Waals surface area contributed by atoms with Crippen LogP contribution in [0.15, 0.2) is 12.1 Å². The number of aromatic nitrogens is 2. The zero-order valence-corrected chi connectivity index (χ0v) is 17.4. The average molecular weight is 455 g/mol. The Kier molecular flexibility index (Phi) is 6.02. The minimum atomic E-state index is -4.90. The first kappa shape index (κ1) is 22.7. The predicted molar refractivity (Wildman–Crippen MR) is 108 cm³/mol. The maximum atomic E-state index is 14.0. The van der Waals surface area contributed by atoms with Crippen LogP contribution in [-0.2, 0) is 23.9 Å². The van der Waals surface area contributed by atoms with Crippen molar-refractivity contribution in [1.29, 1.82) is 0 Å². The summed E-state index contributed by atoms with van der Waals surface area (Å²) in [5.41, 5.74) is 5.14. The maximum Gasteiger partial charge on any atom is 0.419 e. The van der Waals surface area contributed by atoms with Gasteiger partial charge < -0.3 is 20.7 Å². The van der Waals surface area contributed by atoms with Crippen LogP contribution in [0.25, 0.3) is 11.3 Å². The number of phenolic OH excluding ortho intramolecular Hbond substituents is 1. The smallest absolute Gasteiger partial charge is 0.419 e. The fourth-order valence-electron chi connectivity index (χ4n) is 4.20. The van der Waals surface area contributed by atoms with Crippen LogP contribution < -0.4 is 5.73 Å². The van der Waals surface area contributed by atoms with Gasteiger partial charge in [-0.3, -0.25) is 0 Å². The molecule has 1 spiro atoms. The highest BCUT2D eigenvalue weighted by Gasteiger charge is 2.48. The van der Waals surface area contributed by atoms with E-state index in [4.69, 9.17) is 15.6 Å². The lowest BCUT2D eigenvalue weighted by Gasteiger charge is -2.27. The van der Waals surface area contributed by atoms with Crippen molar-refractivity contribution in [3.05, 3.63) is 34.6 Å². The molecule has 0 atom stereocenters. The molecule has 2 aromatic rings. The van der Waals surface area contributed by atoms with Crippen LogP contribution in [0.2, 0.25) is 0 Å². The quantitative estimate of drug-likeness (QED) is 0.547. The third-order valence-electron chi connectivity index (χ3n) is 6.27. The molecular weight excluding hydrogens is 430 g/mol. The first-order valence-corrected chi connectivity index (χ1v) is 10.7. The van der Waals surface area contributed by atoms with Gasteiger partial charge in [-0.15, -0.1) is 10.2 Å². The zero-order chi connectivity index (χ0) is 23.1. The lowest BCUT2D eigenvalue weighted by Crippen LogP contribution is -2.26. The van der Waals surface area contributed by atoms with Crippen LogP contribution >= 0.6 is 0 Å². The summed E-state index contributed by atoms with van der Waals surface area (Å²) >= 11 is 0. The zero-order valence-electron chi connectivity index (χ0n) is 17.4. The number of phenols is 1. The number of nitrogen functional groups attached to an aromatic ring is 1. The van der Waals surface area contributed by atoms with Crippen LogP contribution in [0.4, 0.5) is 23.4 Å². The highest BCUT2D eigenvalue weighted by Crippen LogP contribution is 2.49. The summed E-state index contributed by atoms with van der Waals surface area (Å²) in [5.74, 6) is -2.05. The number of nitrogens with zero attached hydrogens (tertiary/aromatic N) is 2. The van der Waals surface area contributed by atoms with Gasteiger partial charge in [-0.25, -0.2) is 4.39 Å². The number of alkyl halides is 3. The van der Waals surface area contributed by atoms with Gasteiger partial charge in [-0.1, -0.05) is 19.3 Å². The molecule has 0 bridgehead atoms. The number of nitrogens with two attached hydrogens (primary N) is 1. The van der Waals surface area contributed by atoms with Gasteiger partial charge in [-0.05, 0) is 43.4 Å². The molecule has 2 saturated carbocycles. The van der Waals surface area contributed by atoms with E-state index in [-0.39, 0.29) is 35.4 Å². The van der Waals surface area contributed by atoms with Crippen molar-refractivity contribution < 1.29 is 32.5 Å². The predicted octanol–water partition coefficient (Wildman–Crippen LogP) is 4.51. The Hall–Kier alpha value is -2.46. The second kappa shape index (κ2) is 8.47. The number of benzene rings is 1. The first-order chi connectivity index (χ1) is 15.1. The highest BCUT2D eigenvalue weighted by molar-refractivity contribution is 5.73.